The van der Waals surface area contributed by atoms with Crippen molar-refractivity contribution in [3.8, 4) is 0 Å². The van der Waals surface area contributed by atoms with E-state index in [-0.39, 0.29) is 17.4 Å². The summed E-state index contributed by atoms with van der Waals surface area (Å²) in [4.78, 5) is 10.5. The second-order valence-corrected chi connectivity index (χ2v) is 2.61. The minimum Gasteiger partial charge on any atom is -0.346 e. The number of carbonyl (C=O) groups excluding carboxylic acids is 1. The maximum absolute atomic E-state index is 10.5. The number of hydrogen-bond donors (Lipinski definition) is 1. The van der Waals surface area contributed by atoms with Gasteiger partial charge in [-0.25, -0.2) is 0 Å². The molecule has 1 aliphatic heterocycles. The Kier molecular flexibility index (Phi) is 0.430. The summed E-state index contributed by atoms with van der Waals surface area (Å²) in [6, 6.07) is 0. The first-order valence-electron chi connectivity index (χ1n) is 2.74. The van der Waals surface area contributed by atoms with E-state index in [9.17, 15) is 4.79 Å². The first kappa shape index (κ1) is 4.13. The van der Waals surface area contributed by atoms with Gasteiger partial charge in [0.05, 0.1) is 11.5 Å². The summed E-state index contributed by atoms with van der Waals surface area (Å²) in [7, 11) is 0. The molecular formula is C6H7NO. The number of fused-ring (bicyclic) bond motifs is 1. The molecule has 0 aromatic carbocycles. The Morgan fingerprint density at radius 2 is 2.62 bits per heavy atom. The van der Waals surface area contributed by atoms with E-state index in [0.717, 1.165) is 0 Å². The van der Waals surface area contributed by atoms with Gasteiger partial charge >= 0.3 is 0 Å². The number of β-lactam (4-membered cyclic amide) rings is 1. The highest BCUT2D eigenvalue weighted by Gasteiger charge is 2.51. The number of amides is 1. The third-order valence-corrected chi connectivity index (χ3v) is 1.96. The van der Waals surface area contributed by atoms with Crippen molar-refractivity contribution in [1.82, 2.24) is 5.32 Å². The maximum Gasteiger partial charge on any atom is 0.230 e. The van der Waals surface area contributed by atoms with Crippen LogP contribution in [0.5, 0.6) is 0 Å². The second-order valence-electron chi connectivity index (χ2n) is 2.61. The van der Waals surface area contributed by atoms with E-state index < -0.39 is 0 Å². The summed E-state index contributed by atoms with van der Waals surface area (Å²) in [6.45, 7) is 2.03. The Bertz CT molecular complexity index is 185. The van der Waals surface area contributed by atoms with Gasteiger partial charge in [0.2, 0.25) is 5.91 Å². The highest BCUT2D eigenvalue weighted by Crippen LogP contribution is 2.37. The van der Waals surface area contributed by atoms with E-state index >= 15 is 0 Å². The zero-order valence-corrected chi connectivity index (χ0v) is 4.64. The molecule has 1 aliphatic carbocycles. The Balaban J connectivity index is 2.34. The molecular weight excluding hydrogens is 102 g/mol. The molecule has 0 spiro atoms. The molecule has 1 heterocycles. The van der Waals surface area contributed by atoms with E-state index in [2.05, 4.69) is 5.32 Å². The van der Waals surface area contributed by atoms with Crippen LogP contribution in [0, 0.1) is 5.92 Å². The molecule has 1 saturated heterocycles. The minimum absolute atomic E-state index is 0.0527. The highest BCUT2D eigenvalue weighted by atomic mass is 16.2. The summed E-state index contributed by atoms with van der Waals surface area (Å²) >= 11 is 0. The van der Waals surface area contributed by atoms with Crippen LogP contribution in [0.2, 0.25) is 0 Å². The zero-order valence-electron chi connectivity index (χ0n) is 4.64. The van der Waals surface area contributed by atoms with Crippen LogP contribution in [0.15, 0.2) is 12.2 Å². The van der Waals surface area contributed by atoms with Crippen molar-refractivity contribution in [3.63, 3.8) is 0 Å². The fourth-order valence-corrected chi connectivity index (χ4v) is 1.23. The predicted molar refractivity (Wildman–Crippen MR) is 29.2 cm³/mol. The lowest BCUT2D eigenvalue weighted by Gasteiger charge is -2.49. The van der Waals surface area contributed by atoms with Gasteiger partial charge in [-0.15, -0.1) is 0 Å². The average molecular weight is 109 g/mol. The Morgan fingerprint density at radius 1 is 1.88 bits per heavy atom. The van der Waals surface area contributed by atoms with E-state index in [1.54, 1.807) is 0 Å². The van der Waals surface area contributed by atoms with Crippen molar-refractivity contribution in [2.45, 2.75) is 12.5 Å². The van der Waals surface area contributed by atoms with Gasteiger partial charge in [0.25, 0.3) is 0 Å². The zero-order chi connectivity index (χ0) is 5.78. The van der Waals surface area contributed by atoms with E-state index in [1.165, 1.54) is 0 Å². The van der Waals surface area contributed by atoms with Crippen molar-refractivity contribution in [2.24, 2.45) is 5.92 Å². The predicted octanol–water partition coefficient (Wildman–Crippen LogP) is 0.0609. The lowest BCUT2D eigenvalue weighted by atomic mass is 9.69. The van der Waals surface area contributed by atoms with Crippen LogP contribution in [0.1, 0.15) is 6.92 Å². The standard InChI is InChI=1S/C6H7NO/c1-6-3-2-4(6)5(8)7-6/h2-4H,1H3,(H,7,8)/t4-,6-/m0/s1. The number of nitrogens with one attached hydrogen (secondary N) is 1. The van der Waals surface area contributed by atoms with Crippen molar-refractivity contribution >= 4 is 5.91 Å². The molecule has 1 fully saturated rings. The monoisotopic (exact) mass is 109 g/mol. The largest absolute Gasteiger partial charge is 0.346 e. The molecule has 0 aromatic heterocycles. The molecule has 42 valence electrons. The minimum atomic E-state index is 0.0527. The first-order valence-corrected chi connectivity index (χ1v) is 2.74. The molecule has 0 bridgehead atoms. The molecule has 0 radical (unpaired) electrons. The van der Waals surface area contributed by atoms with Gasteiger partial charge < -0.3 is 5.32 Å². The number of carbonyl (C=O) groups is 1. The third-order valence-electron chi connectivity index (χ3n) is 1.96. The molecule has 1 amide bonds. The summed E-state index contributed by atoms with van der Waals surface area (Å²) in [5.41, 5.74) is 0.0527. The Morgan fingerprint density at radius 3 is 2.62 bits per heavy atom. The first-order chi connectivity index (χ1) is 3.72. The summed E-state index contributed by atoms with van der Waals surface area (Å²) in [5, 5.41) is 2.79. The molecule has 2 atom stereocenters. The van der Waals surface area contributed by atoms with E-state index in [0.29, 0.717) is 0 Å². The van der Waals surface area contributed by atoms with Crippen LogP contribution >= 0.6 is 0 Å². The molecule has 1 N–H and O–H groups in total. The molecule has 8 heavy (non-hydrogen) atoms. The quantitative estimate of drug-likeness (QED) is 0.346. The van der Waals surface area contributed by atoms with Crippen molar-refractivity contribution < 1.29 is 4.79 Å². The molecule has 2 heteroatoms. The number of rotatable bonds is 0. The van der Waals surface area contributed by atoms with E-state index in [1.807, 2.05) is 19.1 Å². The molecule has 0 saturated carbocycles. The molecule has 2 rings (SSSR count). The van der Waals surface area contributed by atoms with Gasteiger partial charge in [-0.2, -0.15) is 0 Å². The van der Waals surface area contributed by atoms with Crippen molar-refractivity contribution in [1.29, 1.82) is 0 Å². The summed E-state index contributed by atoms with van der Waals surface area (Å²) in [6.07, 6.45) is 3.97. The van der Waals surface area contributed by atoms with Gasteiger partial charge in [0, 0.05) is 0 Å². The topological polar surface area (TPSA) is 29.1 Å². The fraction of sp³-hybridized carbons (Fsp3) is 0.500. The van der Waals surface area contributed by atoms with Gasteiger partial charge in [-0.3, -0.25) is 4.79 Å². The number of hydrogen-bond acceptors (Lipinski definition) is 1. The van der Waals surface area contributed by atoms with Gasteiger partial charge in [-0.1, -0.05) is 12.2 Å². The molecule has 0 unspecified atom stereocenters. The summed E-state index contributed by atoms with van der Waals surface area (Å²) in [5.74, 6) is 0.373. The van der Waals surface area contributed by atoms with Crippen LogP contribution in [-0.2, 0) is 4.79 Å². The fourth-order valence-electron chi connectivity index (χ4n) is 1.23. The van der Waals surface area contributed by atoms with Crippen LogP contribution in [-0.4, -0.2) is 11.4 Å². The molecule has 0 aromatic rings. The van der Waals surface area contributed by atoms with Gasteiger partial charge in [-0.05, 0) is 6.92 Å². The smallest absolute Gasteiger partial charge is 0.230 e. The van der Waals surface area contributed by atoms with Crippen LogP contribution < -0.4 is 5.32 Å². The van der Waals surface area contributed by atoms with Crippen molar-refractivity contribution in [3.05, 3.63) is 12.2 Å². The maximum atomic E-state index is 10.5. The highest BCUT2D eigenvalue weighted by molar-refractivity contribution is 5.92. The SMILES string of the molecule is C[C@]12C=C[C@H]1C(=O)N2. The molecule has 2 nitrogen and oxygen atoms in total. The lowest BCUT2D eigenvalue weighted by molar-refractivity contribution is -0.136. The van der Waals surface area contributed by atoms with Gasteiger partial charge in [0.15, 0.2) is 0 Å². The van der Waals surface area contributed by atoms with Crippen LogP contribution in [0.25, 0.3) is 0 Å². The Hall–Kier alpha value is -0.790. The molecule has 2 aliphatic rings. The van der Waals surface area contributed by atoms with Crippen molar-refractivity contribution in [2.75, 3.05) is 0 Å². The van der Waals surface area contributed by atoms with Crippen LogP contribution in [0.4, 0.5) is 0 Å². The third kappa shape index (κ3) is 0.226. The van der Waals surface area contributed by atoms with Crippen LogP contribution in [0.3, 0.4) is 0 Å². The van der Waals surface area contributed by atoms with Gasteiger partial charge in [0.1, 0.15) is 0 Å². The van der Waals surface area contributed by atoms with E-state index in [4.69, 9.17) is 0 Å². The average Bonchev–Trinajstić information content (AvgIpc) is 1.64. The second kappa shape index (κ2) is 0.835. The Labute approximate surface area is 47.6 Å². The summed E-state index contributed by atoms with van der Waals surface area (Å²) < 4.78 is 0. The lowest BCUT2D eigenvalue weighted by Crippen LogP contribution is -2.69. The normalized spacial score (nSPS) is 48.6.